The first-order chi connectivity index (χ1) is 14.8. The monoisotopic (exact) mass is 408 g/mol. The Hall–Kier alpha value is -1.64. The summed E-state index contributed by atoms with van der Waals surface area (Å²) in [5, 5.41) is 0. The first-order valence-electron chi connectivity index (χ1n) is 12.2. The third-order valence-corrected chi connectivity index (χ3v) is 6.23. The second kappa shape index (κ2) is 12.9. The molecule has 0 radical (unpaired) electrons. The van der Waals surface area contributed by atoms with Gasteiger partial charge in [0.2, 0.25) is 0 Å². The first-order valence-corrected chi connectivity index (χ1v) is 12.2. The molecule has 0 aromatic heterocycles. The van der Waals surface area contributed by atoms with Crippen LogP contribution in [0, 0.1) is 0 Å². The molecule has 1 fully saturated rings. The zero-order valence-corrected chi connectivity index (χ0v) is 19.1. The largest absolute Gasteiger partial charge is 0.373 e. The van der Waals surface area contributed by atoms with E-state index < -0.39 is 0 Å². The summed E-state index contributed by atoms with van der Waals surface area (Å²) in [6.45, 7) is 5.91. The van der Waals surface area contributed by atoms with E-state index in [0.29, 0.717) is 6.61 Å². The number of unbranched alkanes of at least 4 members (excludes halogenated alkanes) is 6. The Morgan fingerprint density at radius 3 is 1.93 bits per heavy atom. The van der Waals surface area contributed by atoms with E-state index in [9.17, 15) is 0 Å². The second-order valence-electron chi connectivity index (χ2n) is 8.76. The number of benzene rings is 2. The summed E-state index contributed by atoms with van der Waals surface area (Å²) in [5.74, 6) is 0. The summed E-state index contributed by atoms with van der Waals surface area (Å²) >= 11 is 0. The van der Waals surface area contributed by atoms with Gasteiger partial charge in [-0.25, -0.2) is 0 Å². The number of hydrogen-bond donors (Lipinski definition) is 0. The van der Waals surface area contributed by atoms with Crippen LogP contribution in [-0.4, -0.2) is 19.3 Å². The lowest BCUT2D eigenvalue weighted by molar-refractivity contribution is -0.137. The van der Waals surface area contributed by atoms with Gasteiger partial charge in [0.1, 0.15) is 6.10 Å². The fraction of sp³-hybridized carbons (Fsp3) is 0.571. The van der Waals surface area contributed by atoms with E-state index in [-0.39, 0.29) is 12.2 Å². The molecule has 1 saturated heterocycles. The Morgan fingerprint density at radius 2 is 1.30 bits per heavy atom. The Balaban J connectivity index is 1.44. The molecule has 0 aliphatic carbocycles. The molecule has 2 aromatic carbocycles. The summed E-state index contributed by atoms with van der Waals surface area (Å²) in [7, 11) is 0. The van der Waals surface area contributed by atoms with Gasteiger partial charge in [-0.05, 0) is 41.5 Å². The van der Waals surface area contributed by atoms with Crippen LogP contribution in [0.1, 0.15) is 88.9 Å². The summed E-state index contributed by atoms with van der Waals surface area (Å²) in [6.07, 6.45) is 13.1. The van der Waals surface area contributed by atoms with Crippen molar-refractivity contribution in [3.8, 4) is 11.1 Å². The zero-order chi connectivity index (χ0) is 21.0. The minimum Gasteiger partial charge on any atom is -0.373 e. The molecule has 0 amide bonds. The third kappa shape index (κ3) is 7.25. The summed E-state index contributed by atoms with van der Waals surface area (Å²) in [5.41, 5.74) is 5.21. The van der Waals surface area contributed by atoms with Crippen molar-refractivity contribution in [1.82, 2.24) is 0 Å². The quantitative estimate of drug-likeness (QED) is 0.332. The highest BCUT2D eigenvalue weighted by atomic mass is 16.6. The standard InChI is InChI=1S/C28H40O2/c1-3-5-7-8-10-12-27-21-30-28(22-29-27)26-19-17-25(18-20-26)24-15-13-23(14-16-24)11-9-6-4-2/h13-20,27-28H,3-12,21-22H2,1-2H3/t27-,28-/m1/s1. The maximum absolute atomic E-state index is 6.14. The van der Waals surface area contributed by atoms with Crippen molar-refractivity contribution in [1.29, 1.82) is 0 Å². The molecule has 164 valence electrons. The number of rotatable bonds is 12. The highest BCUT2D eigenvalue weighted by Gasteiger charge is 2.23. The van der Waals surface area contributed by atoms with Crippen molar-refractivity contribution in [2.45, 2.75) is 90.3 Å². The van der Waals surface area contributed by atoms with Crippen molar-refractivity contribution in [2.24, 2.45) is 0 Å². The Kier molecular flexibility index (Phi) is 9.92. The van der Waals surface area contributed by atoms with Crippen LogP contribution in [0.25, 0.3) is 11.1 Å². The number of aryl methyl sites for hydroxylation is 1. The summed E-state index contributed by atoms with van der Waals surface area (Å²) in [6, 6.07) is 17.9. The lowest BCUT2D eigenvalue weighted by atomic mass is 9.99. The Bertz CT molecular complexity index is 696. The highest BCUT2D eigenvalue weighted by molar-refractivity contribution is 5.64. The summed E-state index contributed by atoms with van der Waals surface area (Å²) < 4.78 is 12.2. The van der Waals surface area contributed by atoms with E-state index in [4.69, 9.17) is 9.47 Å². The van der Waals surface area contributed by atoms with Crippen LogP contribution < -0.4 is 0 Å². The Morgan fingerprint density at radius 1 is 0.667 bits per heavy atom. The molecule has 0 unspecified atom stereocenters. The van der Waals surface area contributed by atoms with Crippen molar-refractivity contribution in [3.63, 3.8) is 0 Å². The fourth-order valence-corrected chi connectivity index (χ4v) is 4.21. The van der Waals surface area contributed by atoms with Crippen LogP contribution >= 0.6 is 0 Å². The maximum atomic E-state index is 6.14. The number of ether oxygens (including phenoxy) is 2. The molecule has 0 spiro atoms. The molecular formula is C28H40O2. The van der Waals surface area contributed by atoms with Crippen LogP contribution in [0.4, 0.5) is 0 Å². The van der Waals surface area contributed by atoms with E-state index in [2.05, 4.69) is 62.4 Å². The molecule has 2 aromatic rings. The molecule has 1 aliphatic heterocycles. The molecule has 1 heterocycles. The topological polar surface area (TPSA) is 18.5 Å². The van der Waals surface area contributed by atoms with E-state index in [1.807, 2.05) is 0 Å². The van der Waals surface area contributed by atoms with Gasteiger partial charge >= 0.3 is 0 Å². The lowest BCUT2D eigenvalue weighted by Gasteiger charge is -2.30. The molecule has 2 heteroatoms. The van der Waals surface area contributed by atoms with Crippen LogP contribution in [0.5, 0.6) is 0 Å². The van der Waals surface area contributed by atoms with E-state index in [1.54, 1.807) is 0 Å². The molecule has 30 heavy (non-hydrogen) atoms. The smallest absolute Gasteiger partial charge is 0.106 e. The van der Waals surface area contributed by atoms with Crippen molar-refractivity contribution in [2.75, 3.05) is 13.2 Å². The van der Waals surface area contributed by atoms with Gasteiger partial charge in [0.15, 0.2) is 0 Å². The molecule has 0 N–H and O–H groups in total. The Labute approximate surface area is 184 Å². The second-order valence-corrected chi connectivity index (χ2v) is 8.76. The molecule has 2 nitrogen and oxygen atoms in total. The molecule has 2 atom stereocenters. The SMILES string of the molecule is CCCCCCC[C@@H]1CO[C@@H](c2ccc(-c3ccc(CCCCC)cc3)cc2)CO1. The fourth-order valence-electron chi connectivity index (χ4n) is 4.21. The van der Waals surface area contributed by atoms with Gasteiger partial charge in [0, 0.05) is 0 Å². The van der Waals surface area contributed by atoms with Crippen molar-refractivity contribution >= 4 is 0 Å². The van der Waals surface area contributed by atoms with Crippen LogP contribution in [0.3, 0.4) is 0 Å². The van der Waals surface area contributed by atoms with E-state index >= 15 is 0 Å². The minimum atomic E-state index is 0.0660. The van der Waals surface area contributed by atoms with Crippen molar-refractivity contribution in [3.05, 3.63) is 59.7 Å². The van der Waals surface area contributed by atoms with Crippen LogP contribution in [-0.2, 0) is 15.9 Å². The van der Waals surface area contributed by atoms with Crippen LogP contribution in [0.2, 0.25) is 0 Å². The van der Waals surface area contributed by atoms with Crippen molar-refractivity contribution < 1.29 is 9.47 Å². The minimum absolute atomic E-state index is 0.0660. The predicted octanol–water partition coefficient (Wildman–Crippen LogP) is 7.90. The van der Waals surface area contributed by atoms with Gasteiger partial charge in [0.25, 0.3) is 0 Å². The molecular weight excluding hydrogens is 368 g/mol. The first kappa shape index (κ1) is 23.0. The zero-order valence-electron chi connectivity index (χ0n) is 19.1. The maximum Gasteiger partial charge on any atom is 0.106 e. The number of hydrogen-bond acceptors (Lipinski definition) is 2. The van der Waals surface area contributed by atoms with E-state index in [0.717, 1.165) is 13.0 Å². The third-order valence-electron chi connectivity index (χ3n) is 6.23. The van der Waals surface area contributed by atoms with Gasteiger partial charge in [0.05, 0.1) is 19.3 Å². The van der Waals surface area contributed by atoms with E-state index in [1.165, 1.54) is 80.0 Å². The van der Waals surface area contributed by atoms with Gasteiger partial charge in [-0.15, -0.1) is 0 Å². The molecule has 0 saturated carbocycles. The van der Waals surface area contributed by atoms with Gasteiger partial charge in [-0.1, -0.05) is 107 Å². The molecule has 1 aliphatic rings. The highest BCUT2D eigenvalue weighted by Crippen LogP contribution is 2.28. The van der Waals surface area contributed by atoms with Gasteiger partial charge in [-0.3, -0.25) is 0 Å². The normalized spacial score (nSPS) is 19.1. The van der Waals surface area contributed by atoms with Gasteiger partial charge in [-0.2, -0.15) is 0 Å². The molecule has 0 bridgehead atoms. The predicted molar refractivity (Wildman–Crippen MR) is 127 cm³/mol. The van der Waals surface area contributed by atoms with Crippen LogP contribution in [0.15, 0.2) is 48.5 Å². The summed E-state index contributed by atoms with van der Waals surface area (Å²) in [4.78, 5) is 0. The average molecular weight is 409 g/mol. The molecule has 3 rings (SSSR count). The van der Waals surface area contributed by atoms with Gasteiger partial charge < -0.3 is 9.47 Å². The lowest BCUT2D eigenvalue weighted by Crippen LogP contribution is -2.31. The average Bonchev–Trinajstić information content (AvgIpc) is 2.80.